The summed E-state index contributed by atoms with van der Waals surface area (Å²) in [4.78, 5) is 51.3. The van der Waals surface area contributed by atoms with Crippen LogP contribution in [0.3, 0.4) is 0 Å². The largest absolute Gasteiger partial charge is 0.462 e. The Morgan fingerprint density at radius 1 is 1.02 bits per heavy atom. The van der Waals surface area contributed by atoms with Crippen molar-refractivity contribution in [2.45, 2.75) is 57.6 Å². The molecule has 12 nitrogen and oxygen atoms in total. The van der Waals surface area contributed by atoms with Crippen molar-refractivity contribution in [3.63, 3.8) is 0 Å². The number of amides is 2. The molecule has 0 aliphatic rings. The molecule has 0 spiro atoms. The van der Waals surface area contributed by atoms with Gasteiger partial charge in [-0.25, -0.2) is 9.59 Å². The van der Waals surface area contributed by atoms with Gasteiger partial charge in [-0.05, 0) is 57.4 Å². The van der Waals surface area contributed by atoms with Gasteiger partial charge in [0.1, 0.15) is 9.88 Å². The summed E-state index contributed by atoms with van der Waals surface area (Å²) >= 11 is 2.14. The van der Waals surface area contributed by atoms with E-state index < -0.39 is 23.1 Å². The number of aromatic nitrogens is 3. The Kier molecular flexibility index (Phi) is 11.3. The highest BCUT2D eigenvalue weighted by Crippen LogP contribution is 2.35. The van der Waals surface area contributed by atoms with E-state index in [0.29, 0.717) is 29.5 Å². The SMILES string of the molecule is CCOC(=O)c1sc(NC(=O)[C@H](C)Sc2nnc(CNC(=O)c3ccco3)n2CCc2ccccc2)c(C(=O)OCC)c1C. The summed E-state index contributed by atoms with van der Waals surface area (Å²) in [5, 5.41) is 14.2. The number of hydrogen-bond acceptors (Lipinski definition) is 11. The van der Waals surface area contributed by atoms with E-state index in [9.17, 15) is 19.2 Å². The maximum Gasteiger partial charge on any atom is 0.348 e. The van der Waals surface area contributed by atoms with Crippen molar-refractivity contribution < 1.29 is 33.1 Å². The number of hydrogen-bond donors (Lipinski definition) is 2. The maximum atomic E-state index is 13.4. The Bertz CT molecular complexity index is 1600. The van der Waals surface area contributed by atoms with Crippen molar-refractivity contribution in [1.29, 1.82) is 0 Å². The first-order valence-corrected chi connectivity index (χ1v) is 15.7. The molecule has 2 N–H and O–H groups in total. The van der Waals surface area contributed by atoms with E-state index in [2.05, 4.69) is 20.8 Å². The van der Waals surface area contributed by atoms with Gasteiger partial charge in [0.15, 0.2) is 16.7 Å². The predicted octanol–water partition coefficient (Wildman–Crippen LogP) is 4.89. The van der Waals surface area contributed by atoms with E-state index in [4.69, 9.17) is 13.9 Å². The Balaban J connectivity index is 1.53. The third-order valence-corrected chi connectivity index (χ3v) is 8.66. The van der Waals surface area contributed by atoms with Crippen LogP contribution < -0.4 is 10.6 Å². The summed E-state index contributed by atoms with van der Waals surface area (Å²) < 4.78 is 17.3. The maximum absolute atomic E-state index is 13.4. The van der Waals surface area contributed by atoms with E-state index in [1.165, 1.54) is 18.0 Å². The zero-order valence-electron chi connectivity index (χ0n) is 24.7. The molecule has 4 rings (SSSR count). The summed E-state index contributed by atoms with van der Waals surface area (Å²) in [5.74, 6) is -1.34. The summed E-state index contributed by atoms with van der Waals surface area (Å²) in [6.45, 7) is 7.57. The second-order valence-corrected chi connectivity index (χ2v) is 11.7. The van der Waals surface area contributed by atoms with Crippen LogP contribution in [-0.2, 0) is 33.8 Å². The van der Waals surface area contributed by atoms with E-state index in [1.807, 2.05) is 34.9 Å². The molecule has 1 atom stereocenters. The molecule has 3 heterocycles. The van der Waals surface area contributed by atoms with Gasteiger partial charge in [0.05, 0.1) is 36.8 Å². The minimum atomic E-state index is -0.677. The lowest BCUT2D eigenvalue weighted by atomic mass is 10.1. The molecule has 0 bridgehead atoms. The fourth-order valence-electron chi connectivity index (χ4n) is 4.17. The van der Waals surface area contributed by atoms with Crippen molar-refractivity contribution in [2.24, 2.45) is 0 Å². The predicted molar refractivity (Wildman–Crippen MR) is 165 cm³/mol. The Hall–Kier alpha value is -4.43. The fraction of sp³-hybridized carbons (Fsp3) is 0.333. The average Bonchev–Trinajstić information content (AvgIpc) is 3.75. The number of anilines is 1. The van der Waals surface area contributed by atoms with Gasteiger partial charge in [0.25, 0.3) is 5.91 Å². The van der Waals surface area contributed by atoms with Crippen molar-refractivity contribution in [3.05, 3.63) is 81.9 Å². The number of nitrogens with one attached hydrogen (secondary N) is 2. The van der Waals surface area contributed by atoms with Crippen molar-refractivity contribution in [1.82, 2.24) is 20.1 Å². The Labute approximate surface area is 262 Å². The van der Waals surface area contributed by atoms with E-state index in [1.54, 1.807) is 39.8 Å². The molecule has 0 unspecified atom stereocenters. The Morgan fingerprint density at radius 3 is 2.43 bits per heavy atom. The molecule has 0 aliphatic heterocycles. The third kappa shape index (κ3) is 7.94. The smallest absolute Gasteiger partial charge is 0.348 e. The van der Waals surface area contributed by atoms with Crippen LogP contribution in [-0.4, -0.2) is 57.0 Å². The minimum absolute atomic E-state index is 0.0937. The van der Waals surface area contributed by atoms with Crippen molar-refractivity contribution >= 4 is 51.9 Å². The fourth-order valence-corrected chi connectivity index (χ4v) is 6.15. The molecule has 232 valence electrons. The zero-order chi connectivity index (χ0) is 31.6. The number of rotatable bonds is 14. The van der Waals surface area contributed by atoms with Crippen LogP contribution in [0.15, 0.2) is 58.3 Å². The van der Waals surface area contributed by atoms with Crippen LogP contribution in [0.1, 0.15) is 68.3 Å². The van der Waals surface area contributed by atoms with Gasteiger partial charge in [-0.2, -0.15) is 0 Å². The molecule has 44 heavy (non-hydrogen) atoms. The van der Waals surface area contributed by atoms with E-state index in [-0.39, 0.29) is 46.9 Å². The Morgan fingerprint density at radius 2 is 1.75 bits per heavy atom. The highest BCUT2D eigenvalue weighted by Gasteiger charge is 2.29. The number of ether oxygens (including phenoxy) is 2. The molecule has 14 heteroatoms. The first-order chi connectivity index (χ1) is 21.2. The number of esters is 2. The number of carbonyl (C=O) groups is 4. The van der Waals surface area contributed by atoms with Crippen LogP contribution in [0, 0.1) is 6.92 Å². The van der Waals surface area contributed by atoms with Gasteiger partial charge in [0, 0.05) is 6.54 Å². The highest BCUT2D eigenvalue weighted by molar-refractivity contribution is 8.00. The minimum Gasteiger partial charge on any atom is -0.462 e. The summed E-state index contributed by atoms with van der Waals surface area (Å²) in [6, 6.07) is 13.1. The van der Waals surface area contributed by atoms with Gasteiger partial charge >= 0.3 is 11.9 Å². The molecule has 0 aliphatic carbocycles. The number of thiophene rings is 1. The lowest BCUT2D eigenvalue weighted by Gasteiger charge is -2.14. The molecule has 0 saturated carbocycles. The number of thioether (sulfide) groups is 1. The van der Waals surface area contributed by atoms with Crippen molar-refractivity contribution in [3.8, 4) is 0 Å². The normalized spacial score (nSPS) is 11.5. The standard InChI is InChI=1S/C30H33N5O7S2/c1-5-40-28(38)23-18(3)24(29(39)41-6-2)44-27(23)32-25(36)19(4)43-30-34-33-22(17-31-26(37)21-13-10-16-42-21)35(30)15-14-20-11-8-7-9-12-20/h7-13,16,19H,5-6,14-15,17H2,1-4H3,(H,31,37)(H,32,36)/t19-/m0/s1. The zero-order valence-corrected chi connectivity index (χ0v) is 26.4. The van der Waals surface area contributed by atoms with E-state index in [0.717, 1.165) is 16.9 Å². The first-order valence-electron chi connectivity index (χ1n) is 14.0. The molecule has 0 saturated heterocycles. The first kappa shape index (κ1) is 32.5. The van der Waals surface area contributed by atoms with Gasteiger partial charge in [-0.1, -0.05) is 42.1 Å². The summed E-state index contributed by atoms with van der Waals surface area (Å²) in [6.07, 6.45) is 2.09. The van der Waals surface area contributed by atoms with Crippen LogP contribution in [0.25, 0.3) is 0 Å². The van der Waals surface area contributed by atoms with E-state index >= 15 is 0 Å². The van der Waals surface area contributed by atoms with Crippen LogP contribution in [0.4, 0.5) is 5.00 Å². The topological polar surface area (TPSA) is 155 Å². The molecule has 0 fully saturated rings. The highest BCUT2D eigenvalue weighted by atomic mass is 32.2. The molecular formula is C30H33N5O7S2. The van der Waals surface area contributed by atoms with Crippen molar-refractivity contribution in [2.75, 3.05) is 18.5 Å². The number of aryl methyl sites for hydroxylation is 1. The number of nitrogens with zero attached hydrogens (tertiary/aromatic N) is 3. The molecule has 1 aromatic carbocycles. The van der Waals surface area contributed by atoms with Crippen LogP contribution in [0.5, 0.6) is 0 Å². The van der Waals surface area contributed by atoms with Crippen LogP contribution >= 0.6 is 23.1 Å². The second kappa shape index (κ2) is 15.3. The number of benzene rings is 1. The quantitative estimate of drug-likeness (QED) is 0.144. The van der Waals surface area contributed by atoms with Crippen LogP contribution in [0.2, 0.25) is 0 Å². The van der Waals surface area contributed by atoms with Gasteiger partial charge in [0.2, 0.25) is 5.91 Å². The van der Waals surface area contributed by atoms with Gasteiger partial charge in [-0.3, -0.25) is 9.59 Å². The lowest BCUT2D eigenvalue weighted by molar-refractivity contribution is -0.115. The number of carbonyl (C=O) groups excluding carboxylic acids is 4. The number of furan rings is 1. The lowest BCUT2D eigenvalue weighted by Crippen LogP contribution is -2.25. The second-order valence-electron chi connectivity index (χ2n) is 9.40. The summed E-state index contributed by atoms with van der Waals surface area (Å²) in [5.41, 5.74) is 1.60. The van der Waals surface area contributed by atoms with Gasteiger partial charge in [-0.15, -0.1) is 21.5 Å². The molecular weight excluding hydrogens is 606 g/mol. The summed E-state index contributed by atoms with van der Waals surface area (Å²) in [7, 11) is 0. The molecule has 0 radical (unpaired) electrons. The average molecular weight is 640 g/mol. The third-order valence-electron chi connectivity index (χ3n) is 6.39. The molecule has 2 amide bonds. The molecule has 3 aromatic heterocycles. The monoisotopic (exact) mass is 639 g/mol. The molecule has 4 aromatic rings. The van der Waals surface area contributed by atoms with Gasteiger partial charge < -0.3 is 29.1 Å².